The van der Waals surface area contributed by atoms with Gasteiger partial charge in [0.1, 0.15) is 11.6 Å². The number of hydrogen-bond acceptors (Lipinski definition) is 1. The monoisotopic (exact) mass is 394 g/mol. The number of benzene rings is 4. The van der Waals surface area contributed by atoms with Crippen LogP contribution < -0.4 is 0 Å². The molecule has 0 spiro atoms. The molecule has 4 aromatic rings. The van der Waals surface area contributed by atoms with Crippen LogP contribution in [0.15, 0.2) is 84.9 Å². The number of carbonyl (C=O) groups excluding carboxylic acids is 1. The minimum absolute atomic E-state index is 0.0522. The fourth-order valence-electron chi connectivity index (χ4n) is 5.14. The van der Waals surface area contributed by atoms with Gasteiger partial charge in [-0.05, 0) is 68.8 Å². The van der Waals surface area contributed by atoms with Crippen molar-refractivity contribution in [1.82, 2.24) is 0 Å². The molecule has 0 saturated heterocycles. The Kier molecular flexibility index (Phi) is 3.57. The Bertz CT molecular complexity index is 1250. The minimum Gasteiger partial charge on any atom is -0.298 e. The van der Waals surface area contributed by atoms with Crippen molar-refractivity contribution >= 4 is 5.78 Å². The van der Waals surface area contributed by atoms with Gasteiger partial charge in [-0.3, -0.25) is 4.79 Å². The van der Waals surface area contributed by atoms with Crippen molar-refractivity contribution in [3.05, 3.63) is 119 Å². The van der Waals surface area contributed by atoms with E-state index in [9.17, 15) is 13.6 Å². The van der Waals surface area contributed by atoms with Gasteiger partial charge in [0, 0.05) is 0 Å². The van der Waals surface area contributed by atoms with Crippen LogP contribution in [-0.4, -0.2) is 5.78 Å². The second-order valence-electron chi connectivity index (χ2n) is 7.91. The maximum atomic E-state index is 14.2. The molecule has 1 nitrogen and oxygen atoms in total. The summed E-state index contributed by atoms with van der Waals surface area (Å²) in [5.41, 5.74) is 6.81. The van der Waals surface area contributed by atoms with Gasteiger partial charge in [0.2, 0.25) is 0 Å². The quantitative estimate of drug-likeness (QED) is 0.381. The Morgan fingerprint density at radius 3 is 1.40 bits per heavy atom. The smallest absolute Gasteiger partial charge is 0.156 e. The van der Waals surface area contributed by atoms with Gasteiger partial charge in [-0.2, -0.15) is 0 Å². The molecule has 3 heteroatoms. The van der Waals surface area contributed by atoms with E-state index in [0.29, 0.717) is 11.1 Å². The molecule has 0 heterocycles. The molecule has 0 N–H and O–H groups in total. The fraction of sp³-hybridized carbons (Fsp3) is 0.0741. The fourth-order valence-corrected chi connectivity index (χ4v) is 5.14. The zero-order valence-electron chi connectivity index (χ0n) is 15.9. The SMILES string of the molecule is O=C(C1c2ccccc2-c2ccc(F)cc21)C1c2ccccc2-c2ccc(F)cc21. The van der Waals surface area contributed by atoms with Gasteiger partial charge < -0.3 is 0 Å². The highest BCUT2D eigenvalue weighted by Gasteiger charge is 2.42. The topological polar surface area (TPSA) is 17.1 Å². The average Bonchev–Trinajstić information content (AvgIpc) is 3.25. The average molecular weight is 394 g/mol. The van der Waals surface area contributed by atoms with E-state index in [1.54, 1.807) is 12.1 Å². The van der Waals surface area contributed by atoms with Crippen LogP contribution in [0, 0.1) is 11.6 Å². The van der Waals surface area contributed by atoms with Crippen LogP contribution in [-0.2, 0) is 4.79 Å². The number of Topliss-reactive ketones (excluding diaryl/α,β-unsaturated/α-hetero) is 1. The molecule has 0 aliphatic heterocycles. The third-order valence-corrected chi connectivity index (χ3v) is 6.34. The molecule has 2 unspecified atom stereocenters. The standard InChI is InChI=1S/C27H16F2O/c28-15-9-11-19-17-5-1-3-7-21(17)25(23(19)13-15)27(30)26-22-8-4-2-6-18(22)20-12-10-16(29)14-24(20)26/h1-14,25-26H. The Morgan fingerprint density at radius 1 is 0.533 bits per heavy atom. The summed E-state index contributed by atoms with van der Waals surface area (Å²) < 4.78 is 28.3. The third-order valence-electron chi connectivity index (χ3n) is 6.34. The normalized spacial score (nSPS) is 17.8. The van der Waals surface area contributed by atoms with Gasteiger partial charge in [-0.15, -0.1) is 0 Å². The number of carbonyl (C=O) groups is 1. The summed E-state index contributed by atoms with van der Waals surface area (Å²) in [6.45, 7) is 0. The second-order valence-corrected chi connectivity index (χ2v) is 7.91. The highest BCUT2D eigenvalue weighted by atomic mass is 19.1. The Morgan fingerprint density at radius 2 is 0.933 bits per heavy atom. The molecule has 6 rings (SSSR count). The van der Waals surface area contributed by atoms with E-state index < -0.39 is 11.8 Å². The van der Waals surface area contributed by atoms with Crippen LogP contribution in [0.25, 0.3) is 22.3 Å². The van der Waals surface area contributed by atoms with Crippen molar-refractivity contribution in [1.29, 1.82) is 0 Å². The second kappa shape index (κ2) is 6.20. The number of rotatable bonds is 2. The first kappa shape index (κ1) is 17.3. The lowest BCUT2D eigenvalue weighted by molar-refractivity contribution is -0.120. The Labute approximate surface area is 172 Å². The molecule has 0 radical (unpaired) electrons. The van der Waals surface area contributed by atoms with Crippen LogP contribution in [0.2, 0.25) is 0 Å². The molecule has 0 amide bonds. The lowest BCUT2D eigenvalue weighted by Crippen LogP contribution is -2.20. The first-order valence-corrected chi connectivity index (χ1v) is 9.94. The number of ketones is 1. The molecular weight excluding hydrogens is 378 g/mol. The van der Waals surface area contributed by atoms with E-state index in [4.69, 9.17) is 0 Å². The molecule has 0 aromatic heterocycles. The highest BCUT2D eigenvalue weighted by molar-refractivity contribution is 6.05. The summed E-state index contributed by atoms with van der Waals surface area (Å²) in [7, 11) is 0. The van der Waals surface area contributed by atoms with Crippen molar-refractivity contribution in [2.75, 3.05) is 0 Å². The molecule has 4 aromatic carbocycles. The molecule has 0 bridgehead atoms. The largest absolute Gasteiger partial charge is 0.298 e. The van der Waals surface area contributed by atoms with Crippen molar-refractivity contribution in [3.63, 3.8) is 0 Å². The van der Waals surface area contributed by atoms with Gasteiger partial charge in [-0.1, -0.05) is 60.7 Å². The highest BCUT2D eigenvalue weighted by Crippen LogP contribution is 2.52. The van der Waals surface area contributed by atoms with Crippen LogP contribution in [0.4, 0.5) is 8.78 Å². The summed E-state index contributed by atoms with van der Waals surface area (Å²) in [6, 6.07) is 24.7. The Balaban J connectivity index is 1.58. The summed E-state index contributed by atoms with van der Waals surface area (Å²) in [4.78, 5) is 14.1. The predicted octanol–water partition coefficient (Wildman–Crippen LogP) is 6.46. The van der Waals surface area contributed by atoms with Crippen LogP contribution in [0.1, 0.15) is 34.1 Å². The van der Waals surface area contributed by atoms with E-state index in [0.717, 1.165) is 33.4 Å². The van der Waals surface area contributed by atoms with E-state index in [1.165, 1.54) is 24.3 Å². The van der Waals surface area contributed by atoms with Crippen molar-refractivity contribution in [2.45, 2.75) is 11.8 Å². The Hall–Kier alpha value is -3.59. The zero-order valence-corrected chi connectivity index (χ0v) is 15.9. The molecule has 0 fully saturated rings. The number of fused-ring (bicyclic) bond motifs is 6. The van der Waals surface area contributed by atoms with Gasteiger partial charge in [0.05, 0.1) is 11.8 Å². The molecule has 0 saturated carbocycles. The van der Waals surface area contributed by atoms with E-state index in [1.807, 2.05) is 48.5 Å². The third kappa shape index (κ3) is 2.29. The predicted molar refractivity (Wildman–Crippen MR) is 112 cm³/mol. The van der Waals surface area contributed by atoms with Crippen LogP contribution >= 0.6 is 0 Å². The number of hydrogen-bond donors (Lipinski definition) is 0. The maximum absolute atomic E-state index is 14.2. The van der Waals surface area contributed by atoms with Crippen molar-refractivity contribution in [3.8, 4) is 22.3 Å². The summed E-state index contributed by atoms with van der Waals surface area (Å²) >= 11 is 0. The summed E-state index contributed by atoms with van der Waals surface area (Å²) in [6.07, 6.45) is 0. The van der Waals surface area contributed by atoms with Gasteiger partial charge in [-0.25, -0.2) is 8.78 Å². The molecule has 2 atom stereocenters. The lowest BCUT2D eigenvalue weighted by atomic mass is 9.81. The molecule has 2 aliphatic rings. The molecular formula is C27H16F2O. The first-order chi connectivity index (χ1) is 14.6. The van der Waals surface area contributed by atoms with Gasteiger partial charge in [0.15, 0.2) is 5.78 Å². The van der Waals surface area contributed by atoms with E-state index >= 15 is 0 Å². The first-order valence-electron chi connectivity index (χ1n) is 9.94. The summed E-state index contributed by atoms with van der Waals surface area (Å²) in [5.74, 6) is -1.95. The van der Waals surface area contributed by atoms with Crippen LogP contribution in [0.5, 0.6) is 0 Å². The lowest BCUT2D eigenvalue weighted by Gasteiger charge is -2.19. The molecule has 144 valence electrons. The van der Waals surface area contributed by atoms with Gasteiger partial charge in [0.25, 0.3) is 0 Å². The van der Waals surface area contributed by atoms with Crippen LogP contribution in [0.3, 0.4) is 0 Å². The molecule has 2 aliphatic carbocycles. The maximum Gasteiger partial charge on any atom is 0.156 e. The van der Waals surface area contributed by atoms with Gasteiger partial charge >= 0.3 is 0 Å². The van der Waals surface area contributed by atoms with E-state index in [-0.39, 0.29) is 17.4 Å². The summed E-state index contributed by atoms with van der Waals surface area (Å²) in [5, 5.41) is 0. The minimum atomic E-state index is -0.584. The van der Waals surface area contributed by atoms with Crippen molar-refractivity contribution < 1.29 is 13.6 Å². The van der Waals surface area contributed by atoms with E-state index in [2.05, 4.69) is 0 Å². The zero-order chi connectivity index (χ0) is 20.4. The number of halogens is 2. The van der Waals surface area contributed by atoms with Crippen molar-refractivity contribution in [2.24, 2.45) is 0 Å². The molecule has 30 heavy (non-hydrogen) atoms.